The highest BCUT2D eigenvalue weighted by molar-refractivity contribution is 5.69. The molecule has 342 valence electrons. The number of carbonyl (C=O) groups is 5. The molecule has 2 aliphatic rings. The number of hydrogen-bond acceptors (Lipinski definition) is 20. The number of aliphatic carboxylic acids is 2. The number of nitrogens with zero attached hydrogens (tertiary/aromatic N) is 10. The van der Waals surface area contributed by atoms with Gasteiger partial charge in [0.2, 0.25) is 0 Å². The first kappa shape index (κ1) is 52.0. The molecule has 22 nitrogen and oxygen atoms in total. The molecule has 2 unspecified atom stereocenters. The summed E-state index contributed by atoms with van der Waals surface area (Å²) in [5.41, 5.74) is 0. The lowest BCUT2D eigenvalue weighted by atomic mass is 10.2. The zero-order valence-corrected chi connectivity index (χ0v) is 35.5. The molecule has 0 amide bonds. The Bertz CT molecular complexity index is 1190. The van der Waals surface area contributed by atoms with Gasteiger partial charge < -0.3 is 39.5 Å². The number of hydrogen-bond donors (Lipinski definition) is 4. The van der Waals surface area contributed by atoms with Gasteiger partial charge in [0.05, 0.1) is 32.0 Å². The lowest BCUT2D eigenvalue weighted by molar-refractivity contribution is -0.139. The SMILES string of the molecule is CCN1CCN(CC(=O)O)CCN(COC=O)CCN(CC(O)CN(C)CN(C)CC(O)CN2CCN(COC=O)CCN(COC=O)CCN(CC(=O)O)CC2)CC1. The molecule has 2 aliphatic heterocycles. The van der Waals surface area contributed by atoms with Gasteiger partial charge >= 0.3 is 11.9 Å². The Morgan fingerprint density at radius 3 is 1.05 bits per heavy atom. The highest BCUT2D eigenvalue weighted by Gasteiger charge is 2.23. The van der Waals surface area contributed by atoms with Crippen LogP contribution in [0.1, 0.15) is 6.92 Å². The number of carbonyl (C=O) groups excluding carboxylic acids is 3. The first-order valence-corrected chi connectivity index (χ1v) is 20.4. The predicted octanol–water partition coefficient (Wildman–Crippen LogP) is -4.45. The summed E-state index contributed by atoms with van der Waals surface area (Å²) in [5.74, 6) is -1.83. The van der Waals surface area contributed by atoms with Crippen LogP contribution >= 0.6 is 0 Å². The standard InChI is InChI=1S/C37H72N10O12/c1-4-40-5-7-41(11-15-45(28-57-31-48)17-13-43(8-6-40)25-36(53)54)23-34(51)21-38(2)27-39(3)22-35(52)24-42-9-10-44(26-37(55)56)14-18-47(30-59-33-50)20-19-46(16-12-42)29-58-32-49/h31-35,51-52H,4-30H2,1-3H3,(H,53,54)(H,55,56). The number of carboxylic acid groups (broad SMARTS) is 2. The Labute approximate surface area is 349 Å². The third-order valence-electron chi connectivity index (χ3n) is 10.5. The molecule has 2 fully saturated rings. The first-order chi connectivity index (χ1) is 28.3. The number of carboxylic acids is 2. The van der Waals surface area contributed by atoms with Crippen LogP contribution < -0.4 is 0 Å². The lowest BCUT2D eigenvalue weighted by Crippen LogP contribution is -2.50. The largest absolute Gasteiger partial charge is 0.480 e. The van der Waals surface area contributed by atoms with Crippen LogP contribution in [0.15, 0.2) is 0 Å². The van der Waals surface area contributed by atoms with Crippen LogP contribution in [-0.2, 0) is 38.2 Å². The maximum absolute atomic E-state index is 11.7. The molecule has 0 aromatic rings. The van der Waals surface area contributed by atoms with Crippen LogP contribution in [0.3, 0.4) is 0 Å². The summed E-state index contributed by atoms with van der Waals surface area (Å²) in [4.78, 5) is 76.0. The summed E-state index contributed by atoms with van der Waals surface area (Å²) in [5, 5.41) is 41.4. The predicted molar refractivity (Wildman–Crippen MR) is 216 cm³/mol. The van der Waals surface area contributed by atoms with Gasteiger partial charge in [-0.05, 0) is 20.6 Å². The van der Waals surface area contributed by atoms with Crippen molar-refractivity contribution in [3.05, 3.63) is 0 Å². The van der Waals surface area contributed by atoms with Crippen LogP contribution in [0, 0.1) is 0 Å². The summed E-state index contributed by atoms with van der Waals surface area (Å²) < 4.78 is 15.1. The molecule has 0 spiro atoms. The van der Waals surface area contributed by atoms with E-state index in [0.717, 1.165) is 13.1 Å². The van der Waals surface area contributed by atoms with Crippen LogP contribution in [0.4, 0.5) is 0 Å². The van der Waals surface area contributed by atoms with Crippen LogP contribution in [0.5, 0.6) is 0 Å². The van der Waals surface area contributed by atoms with Crippen LogP contribution in [0.2, 0.25) is 0 Å². The molecule has 0 bridgehead atoms. The average molecular weight is 849 g/mol. The van der Waals surface area contributed by atoms with E-state index in [2.05, 4.69) is 21.6 Å². The van der Waals surface area contributed by atoms with Crippen molar-refractivity contribution in [1.82, 2.24) is 49.0 Å². The average Bonchev–Trinajstić information content (AvgIpc) is 3.17. The zero-order chi connectivity index (χ0) is 43.4. The molecule has 4 N–H and O–H groups in total. The fourth-order valence-corrected chi connectivity index (χ4v) is 7.29. The molecule has 0 saturated carbocycles. The zero-order valence-electron chi connectivity index (χ0n) is 35.5. The van der Waals surface area contributed by atoms with Gasteiger partial charge in [0.1, 0.15) is 20.2 Å². The minimum Gasteiger partial charge on any atom is -0.480 e. The summed E-state index contributed by atoms with van der Waals surface area (Å²) in [6.45, 7) is 14.9. The van der Waals surface area contributed by atoms with Crippen molar-refractivity contribution in [2.75, 3.05) is 191 Å². The topological polar surface area (TPSA) is 226 Å². The fraction of sp³-hybridized carbons (Fsp3) is 0.865. The van der Waals surface area contributed by atoms with E-state index in [1.54, 1.807) is 0 Å². The first-order valence-electron chi connectivity index (χ1n) is 20.4. The van der Waals surface area contributed by atoms with Crippen molar-refractivity contribution in [1.29, 1.82) is 0 Å². The summed E-state index contributed by atoms with van der Waals surface area (Å²) in [6, 6.07) is 0. The summed E-state index contributed by atoms with van der Waals surface area (Å²) in [6.07, 6.45) is -1.40. The summed E-state index contributed by atoms with van der Waals surface area (Å²) >= 11 is 0. The second-order valence-corrected chi connectivity index (χ2v) is 15.4. The molecule has 22 heteroatoms. The maximum atomic E-state index is 11.7. The van der Waals surface area contributed by atoms with E-state index in [0.29, 0.717) is 150 Å². The molecule has 0 aromatic carbocycles. The number of rotatable bonds is 24. The van der Waals surface area contributed by atoms with E-state index in [-0.39, 0.29) is 33.3 Å². The van der Waals surface area contributed by atoms with E-state index in [9.17, 15) is 44.4 Å². The maximum Gasteiger partial charge on any atom is 0.317 e. The van der Waals surface area contributed by atoms with Crippen molar-refractivity contribution in [2.24, 2.45) is 0 Å². The van der Waals surface area contributed by atoms with Gasteiger partial charge in [-0.15, -0.1) is 0 Å². The molecule has 2 heterocycles. The number of β-amino-alcohol motifs (C(OH)–C–C–N with tert-alkyl or cyclic N) is 2. The minimum atomic E-state index is -0.950. The fourth-order valence-electron chi connectivity index (χ4n) is 7.29. The van der Waals surface area contributed by atoms with Gasteiger partial charge in [0.25, 0.3) is 19.4 Å². The lowest BCUT2D eigenvalue weighted by Gasteiger charge is -2.35. The van der Waals surface area contributed by atoms with Gasteiger partial charge in [0, 0.05) is 131 Å². The number of likely N-dealkylation sites (N-methyl/N-ethyl adjacent to an activating group) is 3. The molecule has 0 aromatic heterocycles. The second kappa shape index (κ2) is 30.8. The molecular formula is C37H72N10O12. The minimum absolute atomic E-state index is 0.0570. The van der Waals surface area contributed by atoms with Crippen molar-refractivity contribution in [3.8, 4) is 0 Å². The van der Waals surface area contributed by atoms with Crippen LogP contribution in [0.25, 0.3) is 0 Å². The molecule has 2 atom stereocenters. The number of aliphatic hydroxyl groups is 2. The van der Waals surface area contributed by atoms with Gasteiger partial charge in [-0.1, -0.05) is 6.92 Å². The van der Waals surface area contributed by atoms with Gasteiger partial charge in [-0.2, -0.15) is 0 Å². The van der Waals surface area contributed by atoms with Crippen molar-refractivity contribution >= 4 is 31.4 Å². The monoisotopic (exact) mass is 849 g/mol. The van der Waals surface area contributed by atoms with Crippen molar-refractivity contribution in [3.63, 3.8) is 0 Å². The van der Waals surface area contributed by atoms with Crippen LogP contribution in [-0.4, -0.2) is 304 Å². The summed E-state index contributed by atoms with van der Waals surface area (Å²) in [7, 11) is 3.82. The molecule has 0 aliphatic carbocycles. The Kier molecular flexibility index (Phi) is 27.2. The highest BCUT2D eigenvalue weighted by Crippen LogP contribution is 2.06. The van der Waals surface area contributed by atoms with E-state index < -0.39 is 24.1 Å². The smallest absolute Gasteiger partial charge is 0.317 e. The number of aliphatic hydroxyl groups excluding tert-OH is 2. The Balaban J connectivity index is 1.98. The molecule has 2 rings (SSSR count). The van der Waals surface area contributed by atoms with Gasteiger partial charge in [-0.3, -0.25) is 68.1 Å². The molecule has 2 saturated heterocycles. The van der Waals surface area contributed by atoms with E-state index in [1.165, 1.54) is 0 Å². The van der Waals surface area contributed by atoms with Gasteiger partial charge in [0.15, 0.2) is 0 Å². The van der Waals surface area contributed by atoms with E-state index in [4.69, 9.17) is 14.2 Å². The Morgan fingerprint density at radius 1 is 0.508 bits per heavy atom. The van der Waals surface area contributed by atoms with Gasteiger partial charge in [-0.25, -0.2) is 0 Å². The Hall–Kier alpha value is -3.13. The second-order valence-electron chi connectivity index (χ2n) is 15.4. The molecule has 0 radical (unpaired) electrons. The highest BCUT2D eigenvalue weighted by atomic mass is 16.5. The molecule has 59 heavy (non-hydrogen) atoms. The van der Waals surface area contributed by atoms with Crippen molar-refractivity contribution < 1.29 is 58.6 Å². The third-order valence-corrected chi connectivity index (χ3v) is 10.5. The van der Waals surface area contributed by atoms with Crippen molar-refractivity contribution in [2.45, 2.75) is 19.1 Å². The Morgan fingerprint density at radius 2 is 0.780 bits per heavy atom. The van der Waals surface area contributed by atoms with E-state index >= 15 is 0 Å². The number of ether oxygens (including phenoxy) is 3. The normalized spacial score (nSPS) is 20.7. The third kappa shape index (κ3) is 24.7. The quantitative estimate of drug-likeness (QED) is 0.0408. The van der Waals surface area contributed by atoms with E-state index in [1.807, 2.05) is 48.4 Å². The molecular weight excluding hydrogens is 776 g/mol.